The van der Waals surface area contributed by atoms with Crippen LogP contribution in [0.2, 0.25) is 0 Å². The van der Waals surface area contributed by atoms with Crippen molar-refractivity contribution in [3.8, 4) is 0 Å². The third kappa shape index (κ3) is 4.73. The van der Waals surface area contributed by atoms with E-state index < -0.39 is 0 Å². The molecule has 0 atom stereocenters. The van der Waals surface area contributed by atoms with E-state index in [1.165, 1.54) is 4.90 Å². The first-order chi connectivity index (χ1) is 9.49. The molecule has 0 fully saturated rings. The summed E-state index contributed by atoms with van der Waals surface area (Å²) in [5, 5.41) is 2.77. The maximum atomic E-state index is 11.9. The molecule has 0 aliphatic carbocycles. The van der Waals surface area contributed by atoms with Crippen LogP contribution in [-0.2, 0) is 9.59 Å². The minimum Gasteiger partial charge on any atom is -0.324 e. The molecule has 20 heavy (non-hydrogen) atoms. The number of alkyl halides is 2. The monoisotopic (exact) mass is 314 g/mol. The smallest absolute Gasteiger partial charge is 0.227 e. The number of amides is 2. The molecule has 0 aliphatic rings. The van der Waals surface area contributed by atoms with Gasteiger partial charge in [0.25, 0.3) is 0 Å². The van der Waals surface area contributed by atoms with Crippen molar-refractivity contribution < 1.29 is 9.59 Å². The summed E-state index contributed by atoms with van der Waals surface area (Å²) in [6.45, 7) is 0. The number of hydrogen-bond acceptors (Lipinski definition) is 2. The van der Waals surface area contributed by atoms with Crippen molar-refractivity contribution >= 4 is 59.7 Å². The lowest BCUT2D eigenvalue weighted by molar-refractivity contribution is -0.118. The van der Waals surface area contributed by atoms with Gasteiger partial charge in [0.05, 0.1) is 11.4 Å². The fourth-order valence-corrected chi connectivity index (χ4v) is 2.04. The van der Waals surface area contributed by atoms with E-state index in [-0.39, 0.29) is 36.4 Å². The highest BCUT2D eigenvalue weighted by Crippen LogP contribution is 2.24. The topological polar surface area (TPSA) is 49.4 Å². The molecule has 0 spiro atoms. The molecule has 0 radical (unpaired) electrons. The number of anilines is 2. The number of hydrogen-bond donors (Lipinski definition) is 1. The maximum absolute atomic E-state index is 11.9. The van der Waals surface area contributed by atoms with Gasteiger partial charge in [-0.05, 0) is 12.1 Å². The van der Waals surface area contributed by atoms with Crippen LogP contribution in [0.1, 0.15) is 12.8 Å². The number of rotatable bonds is 6. The van der Waals surface area contributed by atoms with Gasteiger partial charge in [0.15, 0.2) is 0 Å². The normalized spacial score (nSPS) is 10.2. The number of nitrogens with zero attached hydrogens (tertiary/aromatic N) is 1. The van der Waals surface area contributed by atoms with E-state index in [0.29, 0.717) is 11.4 Å². The third-order valence-electron chi connectivity index (χ3n) is 2.79. The highest BCUT2D eigenvalue weighted by atomic mass is 35.5. The first-order valence-electron chi connectivity index (χ1n) is 6.28. The van der Waals surface area contributed by atoms with Crippen LogP contribution in [0.4, 0.5) is 11.4 Å². The van der Waals surface area contributed by atoms with Crippen molar-refractivity contribution in [2.45, 2.75) is 12.8 Å². The highest BCUT2D eigenvalue weighted by Gasteiger charge is 2.15. The Balaban J connectivity index is 3.00. The van der Waals surface area contributed by atoms with E-state index >= 15 is 0 Å². The second-order valence-electron chi connectivity index (χ2n) is 4.40. The summed E-state index contributed by atoms with van der Waals surface area (Å²) < 4.78 is 0. The Morgan fingerprint density at radius 1 is 1.25 bits per heavy atom. The number of halogens is 2. The lowest BCUT2D eigenvalue weighted by Gasteiger charge is -2.21. The van der Waals surface area contributed by atoms with Crippen molar-refractivity contribution in [3.63, 3.8) is 0 Å². The summed E-state index contributed by atoms with van der Waals surface area (Å²) >= 11 is 11.1. The van der Waals surface area contributed by atoms with Crippen molar-refractivity contribution in [2.24, 2.45) is 0 Å². The molecule has 0 heterocycles. The third-order valence-corrected chi connectivity index (χ3v) is 3.17. The molecule has 2 amide bonds. The van der Waals surface area contributed by atoms with Crippen LogP contribution in [0.25, 0.3) is 0 Å². The Bertz CT molecular complexity index is 497. The molecule has 1 rings (SSSR count). The zero-order valence-corrected chi connectivity index (χ0v) is 13.1. The first-order valence-corrected chi connectivity index (χ1v) is 7.35. The quantitative estimate of drug-likeness (QED) is 0.631. The Kier molecular flexibility index (Phi) is 6.89. The average molecular weight is 315 g/mol. The molecule has 1 N–H and O–H groups in total. The van der Waals surface area contributed by atoms with Gasteiger partial charge in [0.2, 0.25) is 11.8 Å². The molecule has 7 heteroatoms. The summed E-state index contributed by atoms with van der Waals surface area (Å²) in [4.78, 5) is 25.1. The molecule has 1 aromatic rings. The Morgan fingerprint density at radius 2 is 1.90 bits per heavy atom. The van der Waals surface area contributed by atoms with E-state index in [1.807, 2.05) is 20.0 Å². The predicted octanol–water partition coefficient (Wildman–Crippen LogP) is 1.10. The highest BCUT2D eigenvalue weighted by molar-refractivity contribution is 6.33. The second-order valence-corrected chi connectivity index (χ2v) is 5.16. The van der Waals surface area contributed by atoms with Gasteiger partial charge in [-0.3, -0.25) is 9.59 Å². The van der Waals surface area contributed by atoms with Gasteiger partial charge in [0, 0.05) is 31.6 Å². The standard InChI is InChI=1S/C13H17BCl2N2O2/c1-18(13(20)5-7-16)11-8-9(14)2-3-10(11)17-12(19)4-6-15/h2-3,8H,4-7,14H2,1H3,(H,17,19). The van der Waals surface area contributed by atoms with Crippen LogP contribution in [0, 0.1) is 0 Å². The van der Waals surface area contributed by atoms with Crippen molar-refractivity contribution in [1.29, 1.82) is 0 Å². The summed E-state index contributed by atoms with van der Waals surface area (Å²) in [5.74, 6) is 0.249. The molecule has 0 unspecified atom stereocenters. The summed E-state index contributed by atoms with van der Waals surface area (Å²) in [7, 11) is 3.59. The maximum Gasteiger partial charge on any atom is 0.227 e. The number of nitrogens with one attached hydrogen (secondary N) is 1. The van der Waals surface area contributed by atoms with Gasteiger partial charge >= 0.3 is 0 Å². The van der Waals surface area contributed by atoms with Gasteiger partial charge in [-0.1, -0.05) is 11.5 Å². The average Bonchev–Trinajstić information content (AvgIpc) is 2.40. The molecule has 4 nitrogen and oxygen atoms in total. The van der Waals surface area contributed by atoms with E-state index in [0.717, 1.165) is 5.46 Å². The molecule has 0 aliphatic heterocycles. The minimum atomic E-state index is -0.178. The van der Waals surface area contributed by atoms with Gasteiger partial charge in [-0.25, -0.2) is 0 Å². The van der Waals surface area contributed by atoms with Crippen LogP contribution in [0.3, 0.4) is 0 Å². The molecule has 0 bridgehead atoms. The first kappa shape index (κ1) is 16.9. The number of carbonyl (C=O) groups excluding carboxylic acids is 2. The molecule has 108 valence electrons. The predicted molar refractivity (Wildman–Crippen MR) is 87.3 cm³/mol. The van der Waals surface area contributed by atoms with E-state index in [1.54, 1.807) is 13.1 Å². The van der Waals surface area contributed by atoms with Crippen molar-refractivity contribution in [1.82, 2.24) is 0 Å². The summed E-state index contributed by atoms with van der Waals surface area (Å²) in [5.41, 5.74) is 2.25. The lowest BCUT2D eigenvalue weighted by atomic mass is 9.95. The fraction of sp³-hybridized carbons (Fsp3) is 0.385. The van der Waals surface area contributed by atoms with Gasteiger partial charge in [-0.2, -0.15) is 0 Å². The molecule has 1 aromatic carbocycles. The Hall–Kier alpha value is -1.20. The summed E-state index contributed by atoms with van der Waals surface area (Å²) in [6, 6.07) is 5.50. The van der Waals surface area contributed by atoms with Gasteiger partial charge < -0.3 is 10.2 Å². The molecular formula is C13H17BCl2N2O2. The SMILES string of the molecule is Bc1ccc(NC(=O)CCCl)c(N(C)C(=O)CCCl)c1. The minimum absolute atomic E-state index is 0.0987. The van der Waals surface area contributed by atoms with E-state index in [9.17, 15) is 9.59 Å². The van der Waals surface area contributed by atoms with Crippen molar-refractivity contribution in [2.75, 3.05) is 29.0 Å². The molecule has 0 saturated carbocycles. The number of benzene rings is 1. The Labute approximate surface area is 129 Å². The lowest BCUT2D eigenvalue weighted by Crippen LogP contribution is -2.28. The zero-order chi connectivity index (χ0) is 15.1. The van der Waals surface area contributed by atoms with Crippen LogP contribution in [-0.4, -0.2) is 38.5 Å². The van der Waals surface area contributed by atoms with Crippen LogP contribution in [0.5, 0.6) is 0 Å². The molecule has 0 aromatic heterocycles. The fourth-order valence-electron chi connectivity index (χ4n) is 1.71. The molecule has 0 saturated heterocycles. The summed E-state index contributed by atoms with van der Waals surface area (Å²) in [6.07, 6.45) is 0.481. The van der Waals surface area contributed by atoms with Crippen LogP contribution >= 0.6 is 23.2 Å². The largest absolute Gasteiger partial charge is 0.324 e. The van der Waals surface area contributed by atoms with Gasteiger partial charge in [0.1, 0.15) is 7.85 Å². The zero-order valence-electron chi connectivity index (χ0n) is 11.6. The van der Waals surface area contributed by atoms with E-state index in [4.69, 9.17) is 23.2 Å². The van der Waals surface area contributed by atoms with Crippen LogP contribution < -0.4 is 15.7 Å². The van der Waals surface area contributed by atoms with Crippen LogP contribution in [0.15, 0.2) is 18.2 Å². The van der Waals surface area contributed by atoms with Gasteiger partial charge in [-0.15, -0.1) is 23.2 Å². The second kappa shape index (κ2) is 8.17. The Morgan fingerprint density at radius 3 is 2.50 bits per heavy atom. The molecular weight excluding hydrogens is 298 g/mol. The van der Waals surface area contributed by atoms with E-state index in [2.05, 4.69) is 5.32 Å². The number of carbonyl (C=O) groups is 2. The van der Waals surface area contributed by atoms with Crippen molar-refractivity contribution in [3.05, 3.63) is 18.2 Å².